The number of benzene rings is 2. The summed E-state index contributed by atoms with van der Waals surface area (Å²) < 4.78 is 61.9. The Hall–Kier alpha value is -3.68. The lowest BCUT2D eigenvalue weighted by atomic mass is 9.71. The summed E-state index contributed by atoms with van der Waals surface area (Å²) in [6.45, 7) is 0.753. The average molecular weight is 559 g/mol. The standard InChI is InChI=1S/C30H30F4N2O4/c1-40-21-4-5-27-23(15-21)29(19(18-37)17-35-27)24(32)6-7-30(16-28(38)39)8-11-36(12-9-30)10-2-3-22-25(33)13-20(31)14-26(22)34/h4-5,13-15,17,24,37H,6-12,16,18H2,1H3,(H,38,39). The molecule has 10 heteroatoms. The summed E-state index contributed by atoms with van der Waals surface area (Å²) in [5.74, 6) is 1.51. The van der Waals surface area contributed by atoms with Gasteiger partial charge < -0.3 is 14.9 Å². The Morgan fingerprint density at radius 3 is 2.50 bits per heavy atom. The lowest BCUT2D eigenvalue weighted by Gasteiger charge is -2.41. The fraction of sp³-hybridized carbons (Fsp3) is 0.400. The smallest absolute Gasteiger partial charge is 0.303 e. The molecule has 0 radical (unpaired) electrons. The van der Waals surface area contributed by atoms with Gasteiger partial charge in [0.15, 0.2) is 0 Å². The van der Waals surface area contributed by atoms with E-state index in [2.05, 4.69) is 16.8 Å². The van der Waals surface area contributed by atoms with Gasteiger partial charge in [-0.25, -0.2) is 17.6 Å². The highest BCUT2D eigenvalue weighted by Gasteiger charge is 2.37. The summed E-state index contributed by atoms with van der Waals surface area (Å²) >= 11 is 0. The van der Waals surface area contributed by atoms with Crippen LogP contribution < -0.4 is 4.74 Å². The van der Waals surface area contributed by atoms with Crippen molar-refractivity contribution in [1.29, 1.82) is 0 Å². The number of hydrogen-bond acceptors (Lipinski definition) is 5. The molecule has 2 heterocycles. The summed E-state index contributed by atoms with van der Waals surface area (Å²) in [4.78, 5) is 18.0. The Morgan fingerprint density at radius 2 is 1.88 bits per heavy atom. The van der Waals surface area contributed by atoms with E-state index in [1.807, 2.05) is 4.90 Å². The Labute approximate surface area is 229 Å². The minimum atomic E-state index is -1.46. The summed E-state index contributed by atoms with van der Waals surface area (Å²) in [5, 5.41) is 20.0. The first-order chi connectivity index (χ1) is 19.1. The van der Waals surface area contributed by atoms with Crippen LogP contribution in [0.3, 0.4) is 0 Å². The number of halogens is 4. The minimum Gasteiger partial charge on any atom is -0.497 e. The van der Waals surface area contributed by atoms with Crippen molar-refractivity contribution < 1.29 is 37.3 Å². The van der Waals surface area contributed by atoms with Gasteiger partial charge in [-0.2, -0.15) is 0 Å². The van der Waals surface area contributed by atoms with E-state index in [0.29, 0.717) is 72.3 Å². The average Bonchev–Trinajstić information content (AvgIpc) is 2.92. The van der Waals surface area contributed by atoms with E-state index < -0.39 is 47.2 Å². The molecule has 2 N–H and O–H groups in total. The number of aliphatic hydroxyl groups excluding tert-OH is 1. The van der Waals surface area contributed by atoms with Crippen molar-refractivity contribution >= 4 is 16.9 Å². The van der Waals surface area contributed by atoms with Gasteiger partial charge in [0, 0.05) is 34.8 Å². The van der Waals surface area contributed by atoms with Gasteiger partial charge in [-0.3, -0.25) is 14.7 Å². The van der Waals surface area contributed by atoms with E-state index in [1.165, 1.54) is 13.3 Å². The van der Waals surface area contributed by atoms with Gasteiger partial charge in [0.25, 0.3) is 0 Å². The third-order valence-corrected chi connectivity index (χ3v) is 7.58. The molecule has 6 nitrogen and oxygen atoms in total. The number of alkyl halides is 1. The van der Waals surface area contributed by atoms with E-state index in [4.69, 9.17) is 4.74 Å². The second-order valence-corrected chi connectivity index (χ2v) is 10.1. The molecule has 212 valence electrons. The maximum Gasteiger partial charge on any atom is 0.303 e. The molecule has 0 amide bonds. The maximum atomic E-state index is 15.9. The van der Waals surface area contributed by atoms with Crippen molar-refractivity contribution in [2.45, 2.75) is 44.9 Å². The largest absolute Gasteiger partial charge is 0.497 e. The number of aromatic nitrogens is 1. The number of carboxylic acid groups (broad SMARTS) is 1. The lowest BCUT2D eigenvalue weighted by Crippen LogP contribution is -2.41. The van der Waals surface area contributed by atoms with Gasteiger partial charge in [-0.05, 0) is 62.4 Å². The molecule has 0 saturated carbocycles. The number of ether oxygens (including phenoxy) is 1. The van der Waals surface area contributed by atoms with Crippen molar-refractivity contribution in [1.82, 2.24) is 9.88 Å². The molecule has 1 unspecified atom stereocenters. The van der Waals surface area contributed by atoms with Crippen LogP contribution >= 0.6 is 0 Å². The van der Waals surface area contributed by atoms with Gasteiger partial charge in [-0.15, -0.1) is 0 Å². The molecule has 0 spiro atoms. The van der Waals surface area contributed by atoms with Crippen molar-refractivity contribution in [2.75, 3.05) is 26.7 Å². The van der Waals surface area contributed by atoms with Crippen LogP contribution in [0.15, 0.2) is 36.5 Å². The highest BCUT2D eigenvalue weighted by molar-refractivity contribution is 5.85. The third-order valence-electron chi connectivity index (χ3n) is 7.58. The molecule has 1 fully saturated rings. The molecule has 40 heavy (non-hydrogen) atoms. The Balaban J connectivity index is 1.46. The normalized spacial score (nSPS) is 15.8. The highest BCUT2D eigenvalue weighted by Crippen LogP contribution is 2.43. The fourth-order valence-corrected chi connectivity index (χ4v) is 5.36. The summed E-state index contributed by atoms with van der Waals surface area (Å²) in [7, 11) is 1.50. The van der Waals surface area contributed by atoms with Crippen LogP contribution in [0.1, 0.15) is 55.0 Å². The number of pyridine rings is 1. The van der Waals surface area contributed by atoms with E-state index >= 15 is 4.39 Å². The second kappa shape index (κ2) is 12.7. The van der Waals surface area contributed by atoms with Crippen LogP contribution in [-0.4, -0.2) is 52.8 Å². The molecule has 1 aromatic heterocycles. The third kappa shape index (κ3) is 6.72. The fourth-order valence-electron chi connectivity index (χ4n) is 5.36. The number of aliphatic hydroxyl groups is 1. The summed E-state index contributed by atoms with van der Waals surface area (Å²) in [6.07, 6.45) is 1.19. The zero-order chi connectivity index (χ0) is 28.9. The maximum absolute atomic E-state index is 15.9. The Kier molecular flexibility index (Phi) is 9.28. The summed E-state index contributed by atoms with van der Waals surface area (Å²) in [5.41, 5.74) is 0.101. The number of carboxylic acids is 1. The number of rotatable bonds is 9. The zero-order valence-electron chi connectivity index (χ0n) is 22.0. The van der Waals surface area contributed by atoms with Crippen LogP contribution in [0.4, 0.5) is 17.6 Å². The van der Waals surface area contributed by atoms with Gasteiger partial charge in [0.1, 0.15) is 29.4 Å². The molecule has 1 saturated heterocycles. The van der Waals surface area contributed by atoms with Gasteiger partial charge in [0.2, 0.25) is 0 Å². The predicted octanol–water partition coefficient (Wildman–Crippen LogP) is 5.55. The number of fused-ring (bicyclic) bond motifs is 1. The van der Waals surface area contributed by atoms with Crippen molar-refractivity contribution in [3.8, 4) is 17.6 Å². The van der Waals surface area contributed by atoms with Crippen LogP contribution in [0.25, 0.3) is 10.9 Å². The molecule has 0 bridgehead atoms. The topological polar surface area (TPSA) is 82.9 Å². The molecular weight excluding hydrogens is 528 g/mol. The Morgan fingerprint density at radius 1 is 1.18 bits per heavy atom. The highest BCUT2D eigenvalue weighted by atomic mass is 19.1. The van der Waals surface area contributed by atoms with E-state index in [9.17, 15) is 28.2 Å². The predicted molar refractivity (Wildman–Crippen MR) is 141 cm³/mol. The van der Waals surface area contributed by atoms with Gasteiger partial charge >= 0.3 is 5.97 Å². The molecule has 1 atom stereocenters. The van der Waals surface area contributed by atoms with Crippen molar-refractivity contribution in [3.63, 3.8) is 0 Å². The second-order valence-electron chi connectivity index (χ2n) is 10.1. The SMILES string of the molecule is COc1ccc2ncc(CO)c(C(F)CCC3(CC(=O)O)CCN(CC#Cc4c(F)cc(F)cc4F)CC3)c2c1. The van der Waals surface area contributed by atoms with Gasteiger partial charge in [0.05, 0.1) is 37.8 Å². The quantitative estimate of drug-likeness (QED) is 0.265. The van der Waals surface area contributed by atoms with Crippen LogP contribution in [0.2, 0.25) is 0 Å². The first-order valence-corrected chi connectivity index (χ1v) is 12.9. The molecular formula is C30H30F4N2O4. The van der Waals surface area contributed by atoms with Crippen LogP contribution in [-0.2, 0) is 11.4 Å². The molecule has 1 aliphatic rings. The number of hydrogen-bond donors (Lipinski definition) is 2. The van der Waals surface area contributed by atoms with Gasteiger partial charge in [-0.1, -0.05) is 11.8 Å². The monoisotopic (exact) mass is 558 g/mol. The number of piperidine rings is 1. The van der Waals surface area contributed by atoms with E-state index in [-0.39, 0.29) is 19.4 Å². The molecule has 3 aromatic rings. The Bertz CT molecular complexity index is 1420. The number of nitrogens with zero attached hydrogens (tertiary/aromatic N) is 2. The number of aliphatic carboxylic acids is 1. The number of methoxy groups -OCH3 is 1. The molecule has 2 aromatic carbocycles. The van der Waals surface area contributed by atoms with Crippen LogP contribution in [0.5, 0.6) is 5.75 Å². The molecule has 1 aliphatic heterocycles. The first kappa shape index (κ1) is 29.3. The summed E-state index contributed by atoms with van der Waals surface area (Å²) in [6, 6.07) is 6.26. The number of carbonyl (C=O) groups is 1. The zero-order valence-corrected chi connectivity index (χ0v) is 22.0. The molecule has 4 rings (SSSR count). The number of likely N-dealkylation sites (tertiary alicyclic amines) is 1. The molecule has 0 aliphatic carbocycles. The lowest BCUT2D eigenvalue weighted by molar-refractivity contribution is -0.141. The van der Waals surface area contributed by atoms with E-state index in [0.717, 1.165) is 0 Å². The minimum absolute atomic E-state index is 0.0551. The van der Waals surface area contributed by atoms with E-state index in [1.54, 1.807) is 18.2 Å². The van der Waals surface area contributed by atoms with Crippen LogP contribution in [0, 0.1) is 34.7 Å². The van der Waals surface area contributed by atoms with Crippen molar-refractivity contribution in [3.05, 3.63) is 70.7 Å². The first-order valence-electron chi connectivity index (χ1n) is 12.9. The van der Waals surface area contributed by atoms with Crippen molar-refractivity contribution in [2.24, 2.45) is 5.41 Å².